The second-order valence-corrected chi connectivity index (χ2v) is 5.85. The fourth-order valence-electron chi connectivity index (χ4n) is 2.07. The first-order chi connectivity index (χ1) is 11.7. The van der Waals surface area contributed by atoms with Gasteiger partial charge >= 0.3 is 6.18 Å². The number of alkyl halides is 3. The fourth-order valence-corrected chi connectivity index (χ4v) is 2.34. The van der Waals surface area contributed by atoms with E-state index in [4.69, 9.17) is 16.3 Å². The van der Waals surface area contributed by atoms with Crippen molar-refractivity contribution in [1.82, 2.24) is 15.0 Å². The average molecular weight is 375 g/mol. The van der Waals surface area contributed by atoms with Crippen LogP contribution in [0.1, 0.15) is 30.9 Å². The summed E-state index contributed by atoms with van der Waals surface area (Å²) in [7, 11) is 0. The third-order valence-corrected chi connectivity index (χ3v) is 3.69. The maximum Gasteiger partial charge on any atom is 0.417 e. The van der Waals surface area contributed by atoms with Crippen molar-refractivity contribution in [3.05, 3.63) is 40.4 Å². The molecule has 0 fully saturated rings. The van der Waals surface area contributed by atoms with E-state index in [1.165, 1.54) is 6.07 Å². The number of aryl methyl sites for hydroxylation is 2. The molecule has 0 unspecified atom stereocenters. The Morgan fingerprint density at radius 1 is 1.28 bits per heavy atom. The van der Waals surface area contributed by atoms with Crippen LogP contribution in [0.5, 0.6) is 5.88 Å². The zero-order chi connectivity index (χ0) is 18.6. The van der Waals surface area contributed by atoms with E-state index in [0.717, 1.165) is 18.0 Å². The lowest BCUT2D eigenvalue weighted by Gasteiger charge is -2.17. The largest absolute Gasteiger partial charge is 0.475 e. The Labute approximate surface area is 148 Å². The van der Waals surface area contributed by atoms with Crippen LogP contribution in [0.4, 0.5) is 19.0 Å². The molecule has 2 rings (SSSR count). The Bertz CT molecular complexity index is 723. The van der Waals surface area contributed by atoms with Crippen LogP contribution >= 0.6 is 11.6 Å². The second kappa shape index (κ2) is 7.86. The summed E-state index contributed by atoms with van der Waals surface area (Å²) in [4.78, 5) is 12.2. The second-order valence-electron chi connectivity index (χ2n) is 5.47. The summed E-state index contributed by atoms with van der Waals surface area (Å²) in [6, 6.07) is 1.92. The van der Waals surface area contributed by atoms with E-state index in [1.54, 1.807) is 6.92 Å². The standard InChI is InChI=1S/C16H18ClF3N4O/c1-4-12-14(17)15(24-10(3)23-12)22-9(2)8-25-13-6-5-11(7-21-13)16(18,19)20/h5-7,9H,4,8H2,1-3H3,(H,22,23,24)/t9-/m0/s1. The smallest absolute Gasteiger partial charge is 0.417 e. The van der Waals surface area contributed by atoms with E-state index in [9.17, 15) is 13.2 Å². The average Bonchev–Trinajstić information content (AvgIpc) is 2.55. The highest BCUT2D eigenvalue weighted by Crippen LogP contribution is 2.29. The molecule has 25 heavy (non-hydrogen) atoms. The zero-order valence-corrected chi connectivity index (χ0v) is 14.7. The lowest BCUT2D eigenvalue weighted by atomic mass is 10.3. The third-order valence-electron chi connectivity index (χ3n) is 3.29. The molecule has 1 atom stereocenters. The molecule has 0 saturated carbocycles. The highest BCUT2D eigenvalue weighted by atomic mass is 35.5. The van der Waals surface area contributed by atoms with Gasteiger partial charge in [-0.1, -0.05) is 18.5 Å². The van der Waals surface area contributed by atoms with E-state index in [0.29, 0.717) is 23.1 Å². The number of nitrogens with one attached hydrogen (secondary N) is 1. The number of hydrogen-bond donors (Lipinski definition) is 1. The Hall–Kier alpha value is -2.09. The molecule has 0 bridgehead atoms. The lowest BCUT2D eigenvalue weighted by molar-refractivity contribution is -0.137. The van der Waals surface area contributed by atoms with E-state index >= 15 is 0 Å². The summed E-state index contributed by atoms with van der Waals surface area (Å²) in [5.41, 5.74) is -0.0736. The van der Waals surface area contributed by atoms with Gasteiger partial charge in [0.15, 0.2) is 0 Å². The van der Waals surface area contributed by atoms with Crippen LogP contribution in [0, 0.1) is 6.92 Å². The topological polar surface area (TPSA) is 59.9 Å². The number of pyridine rings is 1. The van der Waals surface area contributed by atoms with Crippen LogP contribution in [0.3, 0.4) is 0 Å². The number of halogens is 4. The number of ether oxygens (including phenoxy) is 1. The molecular formula is C16H18ClF3N4O. The predicted molar refractivity (Wildman–Crippen MR) is 89.0 cm³/mol. The van der Waals surface area contributed by atoms with Crippen LogP contribution in [-0.4, -0.2) is 27.6 Å². The van der Waals surface area contributed by atoms with Gasteiger partial charge in [0.25, 0.3) is 0 Å². The molecule has 0 radical (unpaired) electrons. The molecule has 136 valence electrons. The van der Waals surface area contributed by atoms with E-state index in [2.05, 4.69) is 20.3 Å². The summed E-state index contributed by atoms with van der Waals surface area (Å²) in [5.74, 6) is 1.21. The molecule has 0 aliphatic rings. The minimum absolute atomic E-state index is 0.112. The summed E-state index contributed by atoms with van der Waals surface area (Å²) in [5, 5.41) is 3.57. The summed E-state index contributed by atoms with van der Waals surface area (Å²) in [6.07, 6.45) is -3.00. The normalized spacial score (nSPS) is 12.8. The molecule has 5 nitrogen and oxygen atoms in total. The molecule has 0 amide bonds. The van der Waals surface area contributed by atoms with Crippen molar-refractivity contribution < 1.29 is 17.9 Å². The first-order valence-corrected chi connectivity index (χ1v) is 8.04. The molecule has 0 aromatic carbocycles. The number of anilines is 1. The Balaban J connectivity index is 1.97. The number of hydrogen-bond acceptors (Lipinski definition) is 5. The van der Waals surface area contributed by atoms with Gasteiger partial charge in [0.1, 0.15) is 23.3 Å². The summed E-state index contributed by atoms with van der Waals surface area (Å²) >= 11 is 6.26. The fraction of sp³-hybridized carbons (Fsp3) is 0.438. The van der Waals surface area contributed by atoms with Crippen LogP contribution in [0.25, 0.3) is 0 Å². The van der Waals surface area contributed by atoms with Gasteiger partial charge in [0.2, 0.25) is 5.88 Å². The van der Waals surface area contributed by atoms with Gasteiger partial charge in [-0.05, 0) is 26.3 Å². The maximum atomic E-state index is 12.5. The highest BCUT2D eigenvalue weighted by Gasteiger charge is 2.30. The van der Waals surface area contributed by atoms with Crippen molar-refractivity contribution >= 4 is 17.4 Å². The van der Waals surface area contributed by atoms with Crippen LogP contribution in [-0.2, 0) is 12.6 Å². The van der Waals surface area contributed by atoms with Crippen LogP contribution < -0.4 is 10.1 Å². The van der Waals surface area contributed by atoms with Gasteiger partial charge in [-0.15, -0.1) is 0 Å². The molecule has 2 aromatic heterocycles. The quantitative estimate of drug-likeness (QED) is 0.817. The lowest BCUT2D eigenvalue weighted by Crippen LogP contribution is -2.25. The van der Waals surface area contributed by atoms with E-state index in [1.807, 2.05) is 13.8 Å². The zero-order valence-electron chi connectivity index (χ0n) is 14.0. The van der Waals surface area contributed by atoms with Crippen molar-refractivity contribution in [2.45, 2.75) is 39.4 Å². The highest BCUT2D eigenvalue weighted by molar-refractivity contribution is 6.33. The van der Waals surface area contributed by atoms with E-state index < -0.39 is 11.7 Å². The van der Waals surface area contributed by atoms with Crippen LogP contribution in [0.15, 0.2) is 18.3 Å². The molecule has 1 N–H and O–H groups in total. The van der Waals surface area contributed by atoms with Gasteiger partial charge in [-0.2, -0.15) is 13.2 Å². The SMILES string of the molecule is CCc1nc(C)nc(N[C@@H](C)COc2ccc(C(F)(F)F)cn2)c1Cl. The molecule has 2 aromatic rings. The van der Waals surface area contributed by atoms with Crippen molar-refractivity contribution in [2.75, 3.05) is 11.9 Å². The van der Waals surface area contributed by atoms with Gasteiger partial charge in [0, 0.05) is 12.3 Å². The van der Waals surface area contributed by atoms with E-state index in [-0.39, 0.29) is 18.5 Å². The monoisotopic (exact) mass is 374 g/mol. The molecule has 0 saturated heterocycles. The Morgan fingerprint density at radius 3 is 2.56 bits per heavy atom. The molecule has 0 aliphatic heterocycles. The number of nitrogens with zero attached hydrogens (tertiary/aromatic N) is 3. The van der Waals surface area contributed by atoms with Crippen molar-refractivity contribution in [2.24, 2.45) is 0 Å². The van der Waals surface area contributed by atoms with Gasteiger partial charge in [0.05, 0.1) is 17.3 Å². The number of rotatable bonds is 6. The molecule has 9 heteroatoms. The minimum Gasteiger partial charge on any atom is -0.475 e. The third kappa shape index (κ3) is 5.19. The molecular weight excluding hydrogens is 357 g/mol. The van der Waals surface area contributed by atoms with Crippen molar-refractivity contribution in [1.29, 1.82) is 0 Å². The van der Waals surface area contributed by atoms with Gasteiger partial charge in [-0.3, -0.25) is 0 Å². The summed E-state index contributed by atoms with van der Waals surface area (Å²) in [6.45, 7) is 5.73. The molecule has 0 spiro atoms. The van der Waals surface area contributed by atoms with Gasteiger partial charge in [-0.25, -0.2) is 15.0 Å². The Kier molecular flexibility index (Phi) is 6.05. The first-order valence-electron chi connectivity index (χ1n) is 7.66. The number of aromatic nitrogens is 3. The molecule has 2 heterocycles. The maximum absolute atomic E-state index is 12.5. The van der Waals surface area contributed by atoms with Crippen molar-refractivity contribution in [3.63, 3.8) is 0 Å². The van der Waals surface area contributed by atoms with Crippen molar-refractivity contribution in [3.8, 4) is 5.88 Å². The molecule has 0 aliphatic carbocycles. The minimum atomic E-state index is -4.42. The van der Waals surface area contributed by atoms with Crippen LogP contribution in [0.2, 0.25) is 5.02 Å². The summed E-state index contributed by atoms with van der Waals surface area (Å²) < 4.78 is 42.9. The first kappa shape index (κ1) is 19.2. The predicted octanol–water partition coefficient (Wildman–Crippen LogP) is 4.29. The van der Waals surface area contributed by atoms with Gasteiger partial charge < -0.3 is 10.1 Å². The Morgan fingerprint density at radius 2 is 2.00 bits per heavy atom.